The molecule has 268 valence electrons. The zero-order valence-electron chi connectivity index (χ0n) is 31.3. The minimum atomic E-state index is -0.594. The van der Waals surface area contributed by atoms with Gasteiger partial charge in [-0.1, -0.05) is 128 Å². The van der Waals surface area contributed by atoms with Gasteiger partial charge in [-0.3, -0.25) is 0 Å². The number of nitriles is 2. The fraction of sp³-hybridized carbons (Fsp3) is 0.0377. The summed E-state index contributed by atoms with van der Waals surface area (Å²) < 4.78 is 0. The molecular weight excluding hydrogens is 693 g/mol. The van der Waals surface area contributed by atoms with E-state index in [2.05, 4.69) is 152 Å². The van der Waals surface area contributed by atoms with Gasteiger partial charge in [0.25, 0.3) is 0 Å². The molecule has 0 amide bonds. The van der Waals surface area contributed by atoms with Gasteiger partial charge in [0.2, 0.25) is 0 Å². The molecule has 0 radical (unpaired) electrons. The number of nitrogens with one attached hydrogen (secondary N) is 1. The lowest BCUT2D eigenvalue weighted by atomic mass is 9.69. The predicted octanol–water partition coefficient (Wildman–Crippen LogP) is 12.4. The van der Waals surface area contributed by atoms with E-state index >= 15 is 0 Å². The maximum Gasteiger partial charge on any atom is 0.101 e. The van der Waals surface area contributed by atoms with Crippen LogP contribution < -0.4 is 5.73 Å². The number of hydrogen-bond donors (Lipinski definition) is 2. The van der Waals surface area contributed by atoms with Crippen LogP contribution in [-0.4, -0.2) is 6.21 Å². The van der Waals surface area contributed by atoms with E-state index in [4.69, 9.17) is 11.1 Å². The Hall–Kier alpha value is -7.79. The zero-order valence-corrected chi connectivity index (χ0v) is 31.3. The van der Waals surface area contributed by atoms with Crippen LogP contribution in [0.4, 0.5) is 0 Å². The van der Waals surface area contributed by atoms with Gasteiger partial charge in [-0.25, -0.2) is 0 Å². The number of benzene rings is 7. The van der Waals surface area contributed by atoms with Crippen LogP contribution >= 0.6 is 0 Å². The second-order valence-corrected chi connectivity index (χ2v) is 14.6. The predicted molar refractivity (Wildman–Crippen MR) is 234 cm³/mol. The Bertz CT molecular complexity index is 3000. The smallest absolute Gasteiger partial charge is 0.101 e. The van der Waals surface area contributed by atoms with Crippen molar-refractivity contribution in [2.45, 2.75) is 12.3 Å². The Morgan fingerprint density at radius 3 is 1.88 bits per heavy atom. The van der Waals surface area contributed by atoms with Crippen LogP contribution in [0.3, 0.4) is 0 Å². The number of rotatable bonds is 7. The summed E-state index contributed by atoms with van der Waals surface area (Å²) >= 11 is 0. The third kappa shape index (κ3) is 5.39. The van der Waals surface area contributed by atoms with Gasteiger partial charge in [-0.05, 0) is 143 Å². The first-order valence-electron chi connectivity index (χ1n) is 18.8. The number of fused-ring (bicyclic) bond motifs is 12. The Morgan fingerprint density at radius 2 is 1.19 bits per heavy atom. The Morgan fingerprint density at radius 1 is 0.579 bits per heavy atom. The van der Waals surface area contributed by atoms with E-state index in [0.717, 1.165) is 50.6 Å². The average Bonchev–Trinajstić information content (AvgIpc) is 3.74. The molecule has 0 fully saturated rings. The third-order valence-corrected chi connectivity index (χ3v) is 11.6. The van der Waals surface area contributed by atoms with Gasteiger partial charge in [0, 0.05) is 12.4 Å². The van der Waals surface area contributed by atoms with Gasteiger partial charge in [0.15, 0.2) is 0 Å². The lowest BCUT2D eigenvalue weighted by Gasteiger charge is -2.31. The SMILES string of the molecule is C=C(/C=C(/C#N)C=N)c1cccc(-c2cc3c(c4ccccc24)-c2ccc(-c4cccc(/C(C)=C/C(C#N)=C\N)c4)cc2C32c3ccccc3-c3ccccc32)c1. The zero-order chi connectivity index (χ0) is 39.3. The van der Waals surface area contributed by atoms with Crippen LogP contribution in [0.15, 0.2) is 182 Å². The quantitative estimate of drug-likeness (QED) is 0.0971. The summed E-state index contributed by atoms with van der Waals surface area (Å²) in [6.45, 7) is 6.27. The van der Waals surface area contributed by atoms with E-state index in [1.54, 1.807) is 6.08 Å². The molecule has 0 saturated carbocycles. The maximum absolute atomic E-state index is 9.52. The molecule has 0 saturated heterocycles. The van der Waals surface area contributed by atoms with Crippen molar-refractivity contribution in [3.63, 3.8) is 0 Å². The molecule has 4 nitrogen and oxygen atoms in total. The first-order valence-corrected chi connectivity index (χ1v) is 18.8. The van der Waals surface area contributed by atoms with Crippen LogP contribution in [0.2, 0.25) is 0 Å². The molecule has 0 bridgehead atoms. The van der Waals surface area contributed by atoms with E-state index < -0.39 is 5.41 Å². The van der Waals surface area contributed by atoms with E-state index in [-0.39, 0.29) is 5.57 Å². The second kappa shape index (κ2) is 13.8. The molecule has 4 heteroatoms. The minimum absolute atomic E-state index is 0.251. The fourth-order valence-electron chi connectivity index (χ4n) is 9.05. The number of allylic oxidation sites excluding steroid dienone is 6. The third-order valence-electron chi connectivity index (χ3n) is 11.6. The number of nitrogens with two attached hydrogens (primary N) is 1. The molecule has 9 rings (SSSR count). The van der Waals surface area contributed by atoms with Crippen molar-refractivity contribution < 1.29 is 0 Å². The monoisotopic (exact) mass is 728 g/mol. The molecule has 3 N–H and O–H groups in total. The van der Waals surface area contributed by atoms with Gasteiger partial charge in [0.1, 0.15) is 12.1 Å². The van der Waals surface area contributed by atoms with E-state index in [1.807, 2.05) is 25.1 Å². The van der Waals surface area contributed by atoms with Crippen molar-refractivity contribution in [2.24, 2.45) is 5.73 Å². The van der Waals surface area contributed by atoms with Crippen LogP contribution in [0.25, 0.3) is 66.4 Å². The highest BCUT2D eigenvalue weighted by Gasteiger charge is 2.52. The van der Waals surface area contributed by atoms with Gasteiger partial charge in [0.05, 0.1) is 16.6 Å². The van der Waals surface area contributed by atoms with Gasteiger partial charge in [-0.2, -0.15) is 10.5 Å². The van der Waals surface area contributed by atoms with Gasteiger partial charge < -0.3 is 11.1 Å². The summed E-state index contributed by atoms with van der Waals surface area (Å²) in [5, 5.41) is 29.0. The van der Waals surface area contributed by atoms with E-state index in [1.165, 1.54) is 56.1 Å². The summed E-state index contributed by atoms with van der Waals surface area (Å²) in [5.74, 6) is 0. The largest absolute Gasteiger partial charge is 0.404 e. The molecule has 2 aliphatic rings. The first kappa shape index (κ1) is 34.9. The molecule has 2 aliphatic carbocycles. The highest BCUT2D eigenvalue weighted by Crippen LogP contribution is 2.64. The molecule has 0 aromatic heterocycles. The van der Waals surface area contributed by atoms with Crippen molar-refractivity contribution in [3.8, 4) is 56.6 Å². The second-order valence-electron chi connectivity index (χ2n) is 14.6. The Balaban J connectivity index is 1.32. The van der Waals surface area contributed by atoms with Crippen molar-refractivity contribution in [1.29, 1.82) is 15.9 Å². The van der Waals surface area contributed by atoms with Crippen molar-refractivity contribution >= 4 is 28.1 Å². The topological polar surface area (TPSA) is 97.5 Å². The lowest BCUT2D eigenvalue weighted by molar-refractivity contribution is 0.795. The Kier molecular flexibility index (Phi) is 8.47. The number of nitrogens with zero attached hydrogens (tertiary/aromatic N) is 2. The summed E-state index contributed by atoms with van der Waals surface area (Å²) in [4.78, 5) is 0. The molecular formula is C53H36N4. The van der Waals surface area contributed by atoms with Crippen LogP contribution in [0, 0.1) is 28.1 Å². The molecule has 7 aromatic carbocycles. The van der Waals surface area contributed by atoms with Gasteiger partial charge in [-0.15, -0.1) is 0 Å². The molecule has 0 atom stereocenters. The van der Waals surface area contributed by atoms with E-state index in [0.29, 0.717) is 11.1 Å². The highest BCUT2D eigenvalue weighted by molar-refractivity contribution is 6.11. The van der Waals surface area contributed by atoms with Gasteiger partial charge >= 0.3 is 0 Å². The van der Waals surface area contributed by atoms with Crippen LogP contribution in [-0.2, 0) is 5.41 Å². The molecule has 0 heterocycles. The summed E-state index contributed by atoms with van der Waals surface area (Å²) in [6.07, 6.45) is 5.89. The van der Waals surface area contributed by atoms with Crippen molar-refractivity contribution in [2.75, 3.05) is 0 Å². The highest BCUT2D eigenvalue weighted by atomic mass is 14.5. The first-order chi connectivity index (χ1) is 27.9. The van der Waals surface area contributed by atoms with Crippen LogP contribution in [0.5, 0.6) is 0 Å². The standard InChI is InChI=1S/C53H36N4/c1-33(23-35(29-54)30-55)37-11-9-13-39(25-37)40-21-22-46-50(27-40)53(48-19-7-5-16-43(48)44-17-6-8-20-49(44)53)51-28-47(42-15-3-4-18-45(42)52(46)51)41-14-10-12-38(26-41)34(2)24-36(31-56)32-57/h3-29,31,56H,2,54H2,1H3/b33-23+,35-29+,36-24+,56-31?. The fourth-order valence-corrected chi connectivity index (χ4v) is 9.05. The molecule has 7 aromatic rings. The van der Waals surface area contributed by atoms with Crippen molar-refractivity contribution in [3.05, 3.63) is 215 Å². The minimum Gasteiger partial charge on any atom is -0.404 e. The molecule has 0 unspecified atom stereocenters. The molecule has 1 spiro atoms. The molecule has 0 aliphatic heterocycles. The lowest BCUT2D eigenvalue weighted by Crippen LogP contribution is -2.26. The maximum atomic E-state index is 9.52. The van der Waals surface area contributed by atoms with E-state index in [9.17, 15) is 10.5 Å². The summed E-state index contributed by atoms with van der Waals surface area (Å²) in [6, 6.07) is 56.8. The number of hydrogen-bond acceptors (Lipinski definition) is 4. The normalized spacial score (nSPS) is 13.6. The van der Waals surface area contributed by atoms with Crippen LogP contribution in [0.1, 0.15) is 40.3 Å². The Labute approximate surface area is 332 Å². The van der Waals surface area contributed by atoms with Crippen molar-refractivity contribution in [1.82, 2.24) is 0 Å². The summed E-state index contributed by atoms with van der Waals surface area (Å²) in [5.41, 5.74) is 23.6. The molecule has 57 heavy (non-hydrogen) atoms. The average molecular weight is 729 g/mol. The summed E-state index contributed by atoms with van der Waals surface area (Å²) in [7, 11) is 0.